The Hall–Kier alpha value is -3.15. The molecule has 0 aromatic carbocycles. The van der Waals surface area contributed by atoms with Crippen LogP contribution in [0.5, 0.6) is 0 Å². The average Bonchev–Trinajstić information content (AvgIpc) is 3.30. The van der Waals surface area contributed by atoms with Gasteiger partial charge in [0.15, 0.2) is 6.10 Å². The molecule has 0 radical (unpaired) electrons. The highest BCUT2D eigenvalue weighted by atomic mass is 16.6. The van der Waals surface area contributed by atoms with Crippen LogP contribution in [0, 0.1) is 0 Å². The van der Waals surface area contributed by atoms with Crippen LogP contribution in [0.25, 0.3) is 0 Å². The maximum Gasteiger partial charge on any atom is 0.306 e. The smallest absolute Gasteiger partial charge is 0.306 e. The van der Waals surface area contributed by atoms with Crippen molar-refractivity contribution in [3.8, 4) is 0 Å². The van der Waals surface area contributed by atoms with Crippen LogP contribution in [0.1, 0.15) is 265 Å². The van der Waals surface area contributed by atoms with Gasteiger partial charge in [-0.25, -0.2) is 0 Å². The molecule has 0 aromatic rings. The van der Waals surface area contributed by atoms with Gasteiger partial charge in [-0.2, -0.15) is 0 Å². The third-order valence-corrected chi connectivity index (χ3v) is 11.7. The molecule has 0 rings (SSSR count). The predicted octanol–water partition coefficient (Wildman–Crippen LogP) is 18.2. The molecule has 0 amide bonds. The van der Waals surface area contributed by atoms with Crippen LogP contribution < -0.4 is 0 Å². The van der Waals surface area contributed by atoms with Gasteiger partial charge < -0.3 is 14.2 Å². The lowest BCUT2D eigenvalue weighted by atomic mass is 10.1. The van der Waals surface area contributed by atoms with Crippen LogP contribution >= 0.6 is 0 Å². The van der Waals surface area contributed by atoms with E-state index in [-0.39, 0.29) is 31.1 Å². The molecule has 0 saturated carbocycles. The number of unbranched alkanes of at least 4 members (excludes halogenated alkanes) is 26. The van der Waals surface area contributed by atoms with E-state index in [0.717, 1.165) is 103 Å². The third-order valence-electron chi connectivity index (χ3n) is 11.7. The van der Waals surface area contributed by atoms with E-state index in [2.05, 4.69) is 93.7 Å². The molecule has 0 bridgehead atoms. The van der Waals surface area contributed by atoms with Gasteiger partial charge in [0.05, 0.1) is 0 Å². The molecule has 1 unspecified atom stereocenters. The fraction of sp³-hybridized carbons (Fsp3) is 0.746. The minimum absolute atomic E-state index is 0.0822. The number of carbonyl (C=O) groups excluding carboxylic acids is 3. The van der Waals surface area contributed by atoms with Crippen molar-refractivity contribution >= 4 is 17.9 Å². The summed E-state index contributed by atoms with van der Waals surface area (Å²) in [6.45, 7) is 6.49. The van der Waals surface area contributed by atoms with Crippen molar-refractivity contribution in [3.63, 3.8) is 0 Å². The number of esters is 3. The maximum atomic E-state index is 12.8. The molecule has 0 fully saturated rings. The van der Waals surface area contributed by atoms with Gasteiger partial charge in [0.1, 0.15) is 13.2 Å². The molecule has 0 aromatic heterocycles. The van der Waals surface area contributed by atoms with Crippen molar-refractivity contribution in [2.45, 2.75) is 271 Å². The quantitative estimate of drug-likeness (QED) is 0.0262. The van der Waals surface area contributed by atoms with Gasteiger partial charge in [-0.1, -0.05) is 229 Å². The lowest BCUT2D eigenvalue weighted by molar-refractivity contribution is -0.167. The Bertz CT molecular complexity index is 1230. The van der Waals surface area contributed by atoms with Crippen LogP contribution in [0.3, 0.4) is 0 Å². The number of carbonyl (C=O) groups is 3. The van der Waals surface area contributed by atoms with Crippen LogP contribution in [0.2, 0.25) is 0 Å². The zero-order valence-corrected chi connectivity index (χ0v) is 42.7. The Balaban J connectivity index is 4.38. The topological polar surface area (TPSA) is 78.9 Å². The van der Waals surface area contributed by atoms with E-state index < -0.39 is 6.10 Å². The number of ether oxygens (including phenoxy) is 3. The van der Waals surface area contributed by atoms with Gasteiger partial charge in [-0.3, -0.25) is 14.4 Å². The second kappa shape index (κ2) is 53.5. The van der Waals surface area contributed by atoms with Crippen molar-refractivity contribution < 1.29 is 28.6 Å². The van der Waals surface area contributed by atoms with Crippen molar-refractivity contribution in [1.82, 2.24) is 0 Å². The monoisotopic (exact) mass is 907 g/mol. The van der Waals surface area contributed by atoms with Crippen molar-refractivity contribution in [3.05, 3.63) is 72.9 Å². The van der Waals surface area contributed by atoms with Gasteiger partial charge in [0.25, 0.3) is 0 Å². The minimum Gasteiger partial charge on any atom is -0.462 e. The molecule has 0 aliphatic rings. The Morgan fingerprint density at radius 3 is 0.969 bits per heavy atom. The third kappa shape index (κ3) is 51.7. The Morgan fingerprint density at radius 1 is 0.323 bits per heavy atom. The van der Waals surface area contributed by atoms with E-state index in [1.54, 1.807) is 0 Å². The van der Waals surface area contributed by atoms with E-state index in [1.807, 2.05) is 0 Å². The number of hydrogen-bond donors (Lipinski definition) is 0. The summed E-state index contributed by atoms with van der Waals surface area (Å²) in [6.07, 6.45) is 67.4. The highest BCUT2D eigenvalue weighted by Crippen LogP contribution is 2.15. The first-order chi connectivity index (χ1) is 32.0. The molecular formula is C59H102O6. The number of hydrogen-bond acceptors (Lipinski definition) is 6. The lowest BCUT2D eigenvalue weighted by Gasteiger charge is -2.18. The Labute approximate surface area is 402 Å². The summed E-state index contributed by atoms with van der Waals surface area (Å²) in [5.41, 5.74) is 0. The lowest BCUT2D eigenvalue weighted by Crippen LogP contribution is -2.30. The molecule has 0 spiro atoms. The largest absolute Gasteiger partial charge is 0.462 e. The van der Waals surface area contributed by atoms with E-state index in [9.17, 15) is 14.4 Å². The van der Waals surface area contributed by atoms with Gasteiger partial charge in [0.2, 0.25) is 0 Å². The first-order valence-electron chi connectivity index (χ1n) is 27.4. The highest BCUT2D eigenvalue weighted by molar-refractivity contribution is 5.71. The zero-order valence-electron chi connectivity index (χ0n) is 42.7. The molecule has 0 aliphatic heterocycles. The number of rotatable bonds is 49. The standard InChI is InChI=1S/C59H102O6/c1-4-7-10-13-16-19-22-24-26-28-29-31-32-34-37-40-43-46-49-52-58(61)64-55-56(54-63-57(60)51-48-45-42-39-36-21-18-15-12-9-6-3)65-59(62)53-50-47-44-41-38-35-33-30-27-25-23-20-17-14-11-8-5-2/h8,11,16-17,19-20,24-27,29,31,56H,4-7,9-10,12-15,18,21-23,28,30,32-55H2,1-3H3/b11-8-,19-16-,20-17-,26-24-,27-25-,31-29-. The van der Waals surface area contributed by atoms with E-state index >= 15 is 0 Å². The fourth-order valence-electron chi connectivity index (χ4n) is 7.58. The van der Waals surface area contributed by atoms with Gasteiger partial charge in [-0.05, 0) is 89.9 Å². The van der Waals surface area contributed by atoms with E-state index in [0.29, 0.717) is 19.3 Å². The zero-order chi connectivity index (χ0) is 47.2. The summed E-state index contributed by atoms with van der Waals surface area (Å²) in [4.78, 5) is 38.0. The molecule has 0 N–H and O–H groups in total. The molecular weight excluding hydrogens is 805 g/mol. The average molecular weight is 907 g/mol. The maximum absolute atomic E-state index is 12.8. The molecule has 0 heterocycles. The summed E-state index contributed by atoms with van der Waals surface area (Å²) in [5.74, 6) is -0.900. The Kier molecular flexibility index (Phi) is 50.9. The summed E-state index contributed by atoms with van der Waals surface area (Å²) >= 11 is 0. The SMILES string of the molecule is CC/C=C\C/C=C\C/C=C\CCCCCCCCCC(=O)OC(COC(=O)CCCCCCCC/C=C\C/C=C\C/C=C\CCCCC)COC(=O)CCCCCCCCCCCCC. The second-order valence-corrected chi connectivity index (χ2v) is 18.1. The van der Waals surface area contributed by atoms with Crippen LogP contribution in [0.15, 0.2) is 72.9 Å². The van der Waals surface area contributed by atoms with Crippen molar-refractivity contribution in [2.24, 2.45) is 0 Å². The van der Waals surface area contributed by atoms with Crippen molar-refractivity contribution in [1.29, 1.82) is 0 Å². The van der Waals surface area contributed by atoms with E-state index in [1.165, 1.54) is 122 Å². The predicted molar refractivity (Wildman–Crippen MR) is 279 cm³/mol. The highest BCUT2D eigenvalue weighted by Gasteiger charge is 2.19. The van der Waals surface area contributed by atoms with E-state index in [4.69, 9.17) is 14.2 Å². The fourth-order valence-corrected chi connectivity index (χ4v) is 7.58. The first kappa shape index (κ1) is 61.9. The molecule has 0 saturated heterocycles. The van der Waals surface area contributed by atoms with Crippen LogP contribution in [-0.2, 0) is 28.6 Å². The molecule has 6 heteroatoms. The van der Waals surface area contributed by atoms with Crippen LogP contribution in [0.4, 0.5) is 0 Å². The molecule has 65 heavy (non-hydrogen) atoms. The van der Waals surface area contributed by atoms with Gasteiger partial charge >= 0.3 is 17.9 Å². The first-order valence-corrected chi connectivity index (χ1v) is 27.4. The number of allylic oxidation sites excluding steroid dienone is 12. The minimum atomic E-state index is -0.784. The summed E-state index contributed by atoms with van der Waals surface area (Å²) in [5, 5.41) is 0. The van der Waals surface area contributed by atoms with Gasteiger partial charge in [0, 0.05) is 19.3 Å². The summed E-state index contributed by atoms with van der Waals surface area (Å²) < 4.78 is 16.8. The van der Waals surface area contributed by atoms with Gasteiger partial charge in [-0.15, -0.1) is 0 Å². The molecule has 0 aliphatic carbocycles. The summed E-state index contributed by atoms with van der Waals surface area (Å²) in [7, 11) is 0. The van der Waals surface area contributed by atoms with Crippen molar-refractivity contribution in [2.75, 3.05) is 13.2 Å². The Morgan fingerprint density at radius 2 is 0.600 bits per heavy atom. The molecule has 6 nitrogen and oxygen atoms in total. The second-order valence-electron chi connectivity index (χ2n) is 18.1. The summed E-state index contributed by atoms with van der Waals surface area (Å²) in [6, 6.07) is 0. The van der Waals surface area contributed by atoms with Crippen LogP contribution in [-0.4, -0.2) is 37.2 Å². The molecule has 374 valence electrons. The molecule has 1 atom stereocenters. The normalized spacial score (nSPS) is 12.6.